The summed E-state index contributed by atoms with van der Waals surface area (Å²) in [5.41, 5.74) is -0.641. The maximum atomic E-state index is 10.8. The predicted octanol–water partition coefficient (Wildman–Crippen LogP) is 3.15. The lowest BCUT2D eigenvalue weighted by molar-refractivity contribution is -0.394. The number of rotatable bonds is 4. The van der Waals surface area contributed by atoms with E-state index in [1.807, 2.05) is 13.8 Å². The molecule has 0 amide bonds. The molecule has 0 bridgehead atoms. The topological polar surface area (TPSA) is 108 Å². The number of nitro groups is 2. The third-order valence-corrected chi connectivity index (χ3v) is 2.75. The van der Waals surface area contributed by atoms with E-state index in [9.17, 15) is 20.2 Å². The van der Waals surface area contributed by atoms with E-state index >= 15 is 0 Å². The van der Waals surface area contributed by atoms with E-state index in [4.69, 9.17) is 4.74 Å². The molecule has 2 rings (SSSR count). The Kier molecular flexibility index (Phi) is 5.21. The van der Waals surface area contributed by atoms with Gasteiger partial charge in [-0.1, -0.05) is 0 Å². The van der Waals surface area contributed by atoms with Crippen LogP contribution in [-0.4, -0.2) is 27.9 Å². The van der Waals surface area contributed by atoms with E-state index in [0.717, 1.165) is 6.07 Å². The number of hydrogen-bond donors (Lipinski definition) is 0. The standard InChI is InChI=1S/C13H13N3O5.ClH/c1-13(2)8-21-12(14-13)4-3-9-5-10(15(17)18)7-11(6-9)16(19)20;/h3-7H,8H2,1-2H3;1H/b4-3+;. The molecule has 1 aliphatic rings. The van der Waals surface area contributed by atoms with E-state index in [-0.39, 0.29) is 29.3 Å². The quantitative estimate of drug-likeness (QED) is 0.623. The summed E-state index contributed by atoms with van der Waals surface area (Å²) >= 11 is 0. The molecule has 0 saturated carbocycles. The Hall–Kier alpha value is -2.48. The van der Waals surface area contributed by atoms with Gasteiger partial charge in [0.15, 0.2) is 0 Å². The lowest BCUT2D eigenvalue weighted by Crippen LogP contribution is -2.17. The Morgan fingerprint density at radius 2 is 1.68 bits per heavy atom. The molecule has 0 aliphatic carbocycles. The molecule has 0 fully saturated rings. The van der Waals surface area contributed by atoms with E-state index in [1.165, 1.54) is 24.3 Å². The van der Waals surface area contributed by atoms with Gasteiger partial charge in [0.2, 0.25) is 5.90 Å². The summed E-state index contributed by atoms with van der Waals surface area (Å²) in [7, 11) is 0. The number of hydrogen-bond acceptors (Lipinski definition) is 6. The summed E-state index contributed by atoms with van der Waals surface area (Å²) < 4.78 is 5.34. The molecule has 0 radical (unpaired) electrons. The average Bonchev–Trinajstić information content (AvgIpc) is 2.75. The van der Waals surface area contributed by atoms with Crippen LogP contribution < -0.4 is 0 Å². The molecular weight excluding hydrogens is 314 g/mol. The number of ether oxygens (including phenoxy) is 1. The fourth-order valence-electron chi connectivity index (χ4n) is 1.79. The van der Waals surface area contributed by atoms with Crippen molar-refractivity contribution >= 4 is 35.8 Å². The molecule has 0 unspecified atom stereocenters. The molecule has 8 nitrogen and oxygen atoms in total. The second-order valence-corrected chi connectivity index (χ2v) is 5.18. The summed E-state index contributed by atoms with van der Waals surface area (Å²) in [5, 5.41) is 21.6. The first-order chi connectivity index (χ1) is 9.77. The van der Waals surface area contributed by atoms with E-state index in [1.54, 1.807) is 0 Å². The molecule has 1 aromatic rings. The van der Waals surface area contributed by atoms with Crippen molar-refractivity contribution in [1.29, 1.82) is 0 Å². The Balaban J connectivity index is 0.00000242. The summed E-state index contributed by atoms with van der Waals surface area (Å²) in [6.45, 7) is 4.26. The van der Waals surface area contributed by atoms with E-state index in [0.29, 0.717) is 18.1 Å². The molecule has 118 valence electrons. The molecular formula is C13H14ClN3O5. The number of nitro benzene ring substituents is 2. The first kappa shape index (κ1) is 17.6. The number of aliphatic imine (C=N–C) groups is 1. The highest BCUT2D eigenvalue weighted by molar-refractivity contribution is 5.93. The van der Waals surface area contributed by atoms with Crippen LogP contribution in [0.4, 0.5) is 11.4 Å². The van der Waals surface area contributed by atoms with Gasteiger partial charge in [0, 0.05) is 18.2 Å². The first-order valence-corrected chi connectivity index (χ1v) is 6.11. The van der Waals surface area contributed by atoms with Crippen molar-refractivity contribution in [2.24, 2.45) is 4.99 Å². The van der Waals surface area contributed by atoms with Crippen molar-refractivity contribution in [2.75, 3.05) is 6.61 Å². The second kappa shape index (κ2) is 6.52. The van der Waals surface area contributed by atoms with Crippen LogP contribution in [0.2, 0.25) is 0 Å². The zero-order valence-corrected chi connectivity index (χ0v) is 12.7. The third kappa shape index (κ3) is 4.26. The maximum absolute atomic E-state index is 10.8. The Morgan fingerprint density at radius 3 is 2.09 bits per heavy atom. The number of halogens is 1. The van der Waals surface area contributed by atoms with E-state index < -0.39 is 9.85 Å². The highest BCUT2D eigenvalue weighted by Crippen LogP contribution is 2.24. The Labute approximate surface area is 132 Å². The number of non-ortho nitro benzene ring substituents is 2. The van der Waals surface area contributed by atoms with Crippen LogP contribution in [0.15, 0.2) is 29.3 Å². The van der Waals surface area contributed by atoms with Gasteiger partial charge in [0.1, 0.15) is 6.61 Å². The zero-order chi connectivity index (χ0) is 15.6. The van der Waals surface area contributed by atoms with Gasteiger partial charge < -0.3 is 4.74 Å². The number of benzene rings is 1. The van der Waals surface area contributed by atoms with Crippen LogP contribution >= 0.6 is 12.4 Å². The molecule has 0 aromatic heterocycles. The van der Waals surface area contributed by atoms with Gasteiger partial charge in [-0.15, -0.1) is 12.4 Å². The van der Waals surface area contributed by atoms with Crippen molar-refractivity contribution in [3.05, 3.63) is 50.1 Å². The molecule has 1 aliphatic heterocycles. The van der Waals surface area contributed by atoms with Crippen LogP contribution in [0.25, 0.3) is 6.08 Å². The smallest absolute Gasteiger partial charge is 0.276 e. The summed E-state index contributed by atoms with van der Waals surface area (Å²) in [6.07, 6.45) is 3.04. The minimum atomic E-state index is -0.670. The van der Waals surface area contributed by atoms with Crippen molar-refractivity contribution in [3.8, 4) is 0 Å². The fraction of sp³-hybridized carbons (Fsp3) is 0.308. The minimum Gasteiger partial charge on any atom is -0.475 e. The monoisotopic (exact) mass is 327 g/mol. The Bertz CT molecular complexity index is 637. The van der Waals surface area contributed by atoms with Gasteiger partial charge in [-0.3, -0.25) is 20.2 Å². The lowest BCUT2D eigenvalue weighted by Gasteiger charge is -2.07. The van der Waals surface area contributed by atoms with Crippen molar-refractivity contribution in [3.63, 3.8) is 0 Å². The zero-order valence-electron chi connectivity index (χ0n) is 11.9. The minimum absolute atomic E-state index is 0. The molecule has 0 N–H and O–H groups in total. The van der Waals surface area contributed by atoms with Gasteiger partial charge in [-0.25, -0.2) is 4.99 Å². The number of nitrogens with zero attached hydrogens (tertiary/aromatic N) is 3. The molecule has 1 aromatic carbocycles. The molecule has 9 heteroatoms. The van der Waals surface area contributed by atoms with E-state index in [2.05, 4.69) is 4.99 Å². The highest BCUT2D eigenvalue weighted by atomic mass is 35.5. The second-order valence-electron chi connectivity index (χ2n) is 5.18. The van der Waals surface area contributed by atoms with Crippen LogP contribution in [0.3, 0.4) is 0 Å². The van der Waals surface area contributed by atoms with Gasteiger partial charge in [-0.2, -0.15) is 0 Å². The normalized spacial score (nSPS) is 15.8. The van der Waals surface area contributed by atoms with Gasteiger partial charge >= 0.3 is 0 Å². The van der Waals surface area contributed by atoms with Gasteiger partial charge in [0.05, 0.1) is 21.5 Å². The molecule has 1 heterocycles. The van der Waals surface area contributed by atoms with Crippen molar-refractivity contribution in [2.45, 2.75) is 19.4 Å². The van der Waals surface area contributed by atoms with Crippen LogP contribution in [0.1, 0.15) is 19.4 Å². The van der Waals surface area contributed by atoms with Gasteiger partial charge in [0.25, 0.3) is 11.4 Å². The van der Waals surface area contributed by atoms with Crippen molar-refractivity contribution < 1.29 is 14.6 Å². The van der Waals surface area contributed by atoms with Crippen LogP contribution in [0, 0.1) is 20.2 Å². The van der Waals surface area contributed by atoms with Gasteiger partial charge in [-0.05, 0) is 25.5 Å². The third-order valence-electron chi connectivity index (χ3n) is 2.75. The predicted molar refractivity (Wildman–Crippen MR) is 83.5 cm³/mol. The fourth-order valence-corrected chi connectivity index (χ4v) is 1.79. The maximum Gasteiger partial charge on any atom is 0.276 e. The highest BCUT2D eigenvalue weighted by Gasteiger charge is 2.24. The van der Waals surface area contributed by atoms with Crippen molar-refractivity contribution in [1.82, 2.24) is 0 Å². The molecule has 0 saturated heterocycles. The largest absolute Gasteiger partial charge is 0.475 e. The first-order valence-electron chi connectivity index (χ1n) is 6.11. The molecule has 0 spiro atoms. The molecule has 22 heavy (non-hydrogen) atoms. The Morgan fingerprint density at radius 1 is 1.14 bits per heavy atom. The summed E-state index contributed by atoms with van der Waals surface area (Å²) in [4.78, 5) is 24.5. The molecule has 0 atom stereocenters. The SMILES string of the molecule is CC1(C)COC(/C=C/c2cc([N+](=O)[O-])cc([N+](=O)[O-])c2)=N1.Cl. The summed E-state index contributed by atoms with van der Waals surface area (Å²) in [6, 6.07) is 3.43. The van der Waals surface area contributed by atoms with Crippen LogP contribution in [-0.2, 0) is 4.74 Å². The average molecular weight is 328 g/mol. The van der Waals surface area contributed by atoms with Crippen LogP contribution in [0.5, 0.6) is 0 Å². The summed E-state index contributed by atoms with van der Waals surface area (Å²) in [5.74, 6) is 0.397. The lowest BCUT2D eigenvalue weighted by atomic mass is 10.1.